The summed E-state index contributed by atoms with van der Waals surface area (Å²) in [5.74, 6) is -0.418. The van der Waals surface area contributed by atoms with Gasteiger partial charge in [0, 0.05) is 18.1 Å². The summed E-state index contributed by atoms with van der Waals surface area (Å²) in [5, 5.41) is 9.11. The van der Waals surface area contributed by atoms with Crippen LogP contribution in [0.1, 0.15) is 21.5 Å². The minimum Gasteiger partial charge on any atom is -0.478 e. The van der Waals surface area contributed by atoms with E-state index in [2.05, 4.69) is 30.1 Å². The van der Waals surface area contributed by atoms with Crippen molar-refractivity contribution in [3.63, 3.8) is 0 Å². The van der Waals surface area contributed by atoms with E-state index in [4.69, 9.17) is 9.84 Å². The highest BCUT2D eigenvalue weighted by atomic mass is 16.5. The Labute approximate surface area is 146 Å². The molecule has 126 valence electrons. The maximum atomic E-state index is 11.1. The maximum absolute atomic E-state index is 11.1. The second-order valence-corrected chi connectivity index (χ2v) is 5.83. The lowest BCUT2D eigenvalue weighted by molar-refractivity contribution is 0.0697. The molecule has 0 radical (unpaired) electrons. The molecule has 25 heavy (non-hydrogen) atoms. The molecule has 4 nitrogen and oxygen atoms in total. The molecule has 0 saturated carbocycles. The number of hydrogen-bond acceptors (Lipinski definition) is 3. The van der Waals surface area contributed by atoms with Gasteiger partial charge < -0.3 is 9.84 Å². The van der Waals surface area contributed by atoms with Gasteiger partial charge in [0.25, 0.3) is 0 Å². The van der Waals surface area contributed by atoms with Gasteiger partial charge in [0.1, 0.15) is 0 Å². The number of rotatable bonds is 6. The molecule has 2 aromatic carbocycles. The fourth-order valence-electron chi connectivity index (χ4n) is 2.61. The molecule has 0 unspecified atom stereocenters. The number of aromatic nitrogens is 1. The minimum atomic E-state index is -0.951. The van der Waals surface area contributed by atoms with Crippen molar-refractivity contribution in [2.75, 3.05) is 6.61 Å². The Morgan fingerprint density at radius 3 is 2.64 bits per heavy atom. The Morgan fingerprint density at radius 2 is 1.84 bits per heavy atom. The molecular formula is C21H19NO3. The van der Waals surface area contributed by atoms with Crippen LogP contribution >= 0.6 is 0 Å². The van der Waals surface area contributed by atoms with Crippen LogP contribution < -0.4 is 4.74 Å². The molecule has 0 aliphatic rings. The standard InChI is InChI=1S/C21H19NO3/c1-15-5-2-6-16(13-15)11-12-25-20-10-4-9-19(22-20)17-7-3-8-18(14-17)21(23)24/h2-10,13-14H,11-12H2,1H3,(H,23,24). The molecule has 0 fully saturated rings. The maximum Gasteiger partial charge on any atom is 0.335 e. The molecule has 1 aromatic heterocycles. The number of pyridine rings is 1. The number of ether oxygens (including phenoxy) is 1. The second kappa shape index (κ2) is 7.62. The molecule has 3 rings (SSSR count). The van der Waals surface area contributed by atoms with Crippen LogP contribution in [0, 0.1) is 6.92 Å². The van der Waals surface area contributed by atoms with Crippen LogP contribution in [0.15, 0.2) is 66.7 Å². The highest BCUT2D eigenvalue weighted by Gasteiger charge is 2.07. The van der Waals surface area contributed by atoms with E-state index in [-0.39, 0.29) is 5.56 Å². The predicted octanol–water partition coefficient (Wildman–Crippen LogP) is 4.38. The van der Waals surface area contributed by atoms with Crippen molar-refractivity contribution < 1.29 is 14.6 Å². The molecule has 0 bridgehead atoms. The van der Waals surface area contributed by atoms with Crippen molar-refractivity contribution in [2.24, 2.45) is 0 Å². The highest BCUT2D eigenvalue weighted by Crippen LogP contribution is 2.21. The number of benzene rings is 2. The zero-order valence-electron chi connectivity index (χ0n) is 14.0. The van der Waals surface area contributed by atoms with Gasteiger partial charge in [0.2, 0.25) is 5.88 Å². The van der Waals surface area contributed by atoms with E-state index in [1.54, 1.807) is 24.3 Å². The van der Waals surface area contributed by atoms with Crippen LogP contribution in [-0.4, -0.2) is 22.7 Å². The Morgan fingerprint density at radius 1 is 1.04 bits per heavy atom. The number of aryl methyl sites for hydroxylation is 1. The predicted molar refractivity (Wildman–Crippen MR) is 97.0 cm³/mol. The lowest BCUT2D eigenvalue weighted by Gasteiger charge is -2.08. The first kappa shape index (κ1) is 16.7. The minimum absolute atomic E-state index is 0.241. The van der Waals surface area contributed by atoms with Crippen molar-refractivity contribution in [1.29, 1.82) is 0 Å². The number of nitrogens with zero attached hydrogens (tertiary/aromatic N) is 1. The number of carboxylic acid groups (broad SMARTS) is 1. The quantitative estimate of drug-likeness (QED) is 0.727. The molecule has 3 aromatic rings. The van der Waals surface area contributed by atoms with Crippen molar-refractivity contribution in [3.8, 4) is 17.1 Å². The summed E-state index contributed by atoms with van der Waals surface area (Å²) >= 11 is 0. The first-order valence-electron chi connectivity index (χ1n) is 8.11. The molecule has 0 saturated heterocycles. The third-order valence-corrected chi connectivity index (χ3v) is 3.85. The van der Waals surface area contributed by atoms with E-state index in [1.807, 2.05) is 24.3 Å². The summed E-state index contributed by atoms with van der Waals surface area (Å²) in [6, 6.07) is 20.6. The van der Waals surface area contributed by atoms with Gasteiger partial charge in [-0.3, -0.25) is 0 Å². The lowest BCUT2D eigenvalue weighted by atomic mass is 10.1. The van der Waals surface area contributed by atoms with E-state index in [0.29, 0.717) is 18.2 Å². The zero-order chi connectivity index (χ0) is 17.6. The fraction of sp³-hybridized carbons (Fsp3) is 0.143. The summed E-state index contributed by atoms with van der Waals surface area (Å²) < 4.78 is 5.76. The van der Waals surface area contributed by atoms with Crippen molar-refractivity contribution in [3.05, 3.63) is 83.4 Å². The molecule has 1 heterocycles. The van der Waals surface area contributed by atoms with Gasteiger partial charge in [-0.25, -0.2) is 9.78 Å². The number of hydrogen-bond donors (Lipinski definition) is 1. The van der Waals surface area contributed by atoms with E-state index in [0.717, 1.165) is 12.0 Å². The number of carbonyl (C=O) groups is 1. The smallest absolute Gasteiger partial charge is 0.335 e. The summed E-state index contributed by atoms with van der Waals surface area (Å²) in [4.78, 5) is 15.6. The van der Waals surface area contributed by atoms with E-state index < -0.39 is 5.97 Å². The van der Waals surface area contributed by atoms with E-state index in [9.17, 15) is 4.79 Å². The van der Waals surface area contributed by atoms with Crippen molar-refractivity contribution in [2.45, 2.75) is 13.3 Å². The second-order valence-electron chi connectivity index (χ2n) is 5.83. The Hall–Kier alpha value is -3.14. The van der Waals surface area contributed by atoms with Crippen LogP contribution in [0.5, 0.6) is 5.88 Å². The molecule has 1 N–H and O–H groups in total. The highest BCUT2D eigenvalue weighted by molar-refractivity contribution is 5.89. The van der Waals surface area contributed by atoms with Crippen LogP contribution in [-0.2, 0) is 6.42 Å². The van der Waals surface area contributed by atoms with Gasteiger partial charge in [0.05, 0.1) is 17.9 Å². The van der Waals surface area contributed by atoms with E-state index in [1.165, 1.54) is 11.1 Å². The van der Waals surface area contributed by atoms with Crippen molar-refractivity contribution in [1.82, 2.24) is 4.98 Å². The summed E-state index contributed by atoms with van der Waals surface area (Å²) in [6.07, 6.45) is 0.808. The zero-order valence-corrected chi connectivity index (χ0v) is 14.0. The lowest BCUT2D eigenvalue weighted by Crippen LogP contribution is -2.03. The van der Waals surface area contributed by atoms with Crippen molar-refractivity contribution >= 4 is 5.97 Å². The Balaban J connectivity index is 1.69. The monoisotopic (exact) mass is 333 g/mol. The summed E-state index contributed by atoms with van der Waals surface area (Å²) in [6.45, 7) is 2.61. The number of aromatic carboxylic acids is 1. The number of carboxylic acids is 1. The largest absolute Gasteiger partial charge is 0.478 e. The van der Waals surface area contributed by atoms with Gasteiger partial charge >= 0.3 is 5.97 Å². The third-order valence-electron chi connectivity index (χ3n) is 3.85. The first-order chi connectivity index (χ1) is 12.1. The molecule has 0 spiro atoms. The average molecular weight is 333 g/mol. The average Bonchev–Trinajstić information content (AvgIpc) is 2.62. The summed E-state index contributed by atoms with van der Waals surface area (Å²) in [5.41, 5.74) is 4.14. The van der Waals surface area contributed by atoms with Gasteiger partial charge in [-0.2, -0.15) is 0 Å². The summed E-state index contributed by atoms with van der Waals surface area (Å²) in [7, 11) is 0. The van der Waals surface area contributed by atoms with Crippen LogP contribution in [0.3, 0.4) is 0 Å². The normalized spacial score (nSPS) is 10.4. The SMILES string of the molecule is Cc1cccc(CCOc2cccc(-c3cccc(C(=O)O)c3)n2)c1. The topological polar surface area (TPSA) is 59.4 Å². The van der Waals surface area contributed by atoms with Gasteiger partial charge in [-0.1, -0.05) is 48.0 Å². The van der Waals surface area contributed by atoms with E-state index >= 15 is 0 Å². The van der Waals surface area contributed by atoms with Gasteiger partial charge in [0.15, 0.2) is 0 Å². The van der Waals surface area contributed by atoms with Crippen LogP contribution in [0.25, 0.3) is 11.3 Å². The first-order valence-corrected chi connectivity index (χ1v) is 8.11. The van der Waals surface area contributed by atoms with Crippen LogP contribution in [0.2, 0.25) is 0 Å². The molecular weight excluding hydrogens is 314 g/mol. The van der Waals surface area contributed by atoms with Gasteiger partial charge in [-0.15, -0.1) is 0 Å². The fourth-order valence-corrected chi connectivity index (χ4v) is 2.61. The molecule has 4 heteroatoms. The molecule has 0 aliphatic heterocycles. The van der Waals surface area contributed by atoms with Crippen LogP contribution in [0.4, 0.5) is 0 Å². The van der Waals surface area contributed by atoms with Gasteiger partial charge in [-0.05, 0) is 30.7 Å². The molecule has 0 amide bonds. The Kier molecular flexibility index (Phi) is 5.09. The Bertz CT molecular complexity index is 890. The third kappa shape index (κ3) is 4.44. The molecule has 0 atom stereocenters. The molecule has 0 aliphatic carbocycles.